The maximum absolute atomic E-state index is 6.14. The number of hydrogen-bond acceptors (Lipinski definition) is 2. The lowest BCUT2D eigenvalue weighted by Gasteiger charge is -2.42. The van der Waals surface area contributed by atoms with Crippen LogP contribution in [0.3, 0.4) is 0 Å². The molecular weight excluding hydrogens is 198 g/mol. The van der Waals surface area contributed by atoms with E-state index in [1.807, 2.05) is 0 Å². The Hall–Kier alpha value is -0.340. The van der Waals surface area contributed by atoms with E-state index in [0.29, 0.717) is 0 Å². The van der Waals surface area contributed by atoms with E-state index < -0.39 is 0 Å². The third kappa shape index (κ3) is 2.05. The van der Waals surface area contributed by atoms with Gasteiger partial charge in [-0.05, 0) is 38.6 Å². The normalized spacial score (nSPS) is 34.5. The van der Waals surface area contributed by atoms with Crippen LogP contribution in [0.2, 0.25) is 0 Å². The van der Waals surface area contributed by atoms with Crippen LogP contribution in [0.25, 0.3) is 0 Å². The van der Waals surface area contributed by atoms with E-state index in [4.69, 9.17) is 4.74 Å². The second kappa shape index (κ2) is 4.50. The Morgan fingerprint density at radius 1 is 1.00 bits per heavy atom. The highest BCUT2D eigenvalue weighted by molar-refractivity contribution is 5.22. The van der Waals surface area contributed by atoms with Gasteiger partial charge < -0.3 is 10.1 Å². The molecule has 2 nitrogen and oxygen atoms in total. The van der Waals surface area contributed by atoms with Gasteiger partial charge in [0.1, 0.15) is 0 Å². The SMILES string of the molecule is C1CCC2(CC1)CC(=C1CCNC1)CCO2. The number of hydrogen-bond donors (Lipinski definition) is 1. The molecule has 90 valence electrons. The maximum Gasteiger partial charge on any atom is 0.0719 e. The Labute approximate surface area is 98.4 Å². The van der Waals surface area contributed by atoms with Gasteiger partial charge in [0.25, 0.3) is 0 Å². The molecule has 2 heteroatoms. The fourth-order valence-electron chi connectivity index (χ4n) is 3.61. The number of ether oxygens (including phenoxy) is 1. The predicted octanol–water partition coefficient (Wildman–Crippen LogP) is 2.79. The molecular formula is C14H23NO. The van der Waals surface area contributed by atoms with Gasteiger partial charge in [-0.1, -0.05) is 30.4 Å². The molecule has 0 unspecified atom stereocenters. The Kier molecular flexibility index (Phi) is 3.03. The molecule has 0 aromatic heterocycles. The number of nitrogens with one attached hydrogen (secondary N) is 1. The molecule has 3 rings (SSSR count). The van der Waals surface area contributed by atoms with Crippen molar-refractivity contribution in [2.24, 2.45) is 0 Å². The lowest BCUT2D eigenvalue weighted by atomic mass is 9.77. The van der Waals surface area contributed by atoms with Crippen LogP contribution in [0, 0.1) is 0 Å². The first-order valence-electron chi connectivity index (χ1n) is 6.92. The highest BCUT2D eigenvalue weighted by atomic mass is 16.5. The van der Waals surface area contributed by atoms with Crippen LogP contribution in [0.15, 0.2) is 11.1 Å². The summed E-state index contributed by atoms with van der Waals surface area (Å²) in [6.45, 7) is 3.30. The van der Waals surface area contributed by atoms with E-state index in [2.05, 4.69) is 5.32 Å². The van der Waals surface area contributed by atoms with Crippen LogP contribution in [-0.4, -0.2) is 25.3 Å². The van der Waals surface area contributed by atoms with E-state index in [0.717, 1.165) is 13.2 Å². The minimum Gasteiger partial charge on any atom is -0.374 e. The summed E-state index contributed by atoms with van der Waals surface area (Å²) >= 11 is 0. The van der Waals surface area contributed by atoms with Gasteiger partial charge >= 0.3 is 0 Å². The molecule has 0 amide bonds. The first kappa shape index (κ1) is 10.8. The van der Waals surface area contributed by atoms with E-state index >= 15 is 0 Å². The number of rotatable bonds is 0. The summed E-state index contributed by atoms with van der Waals surface area (Å²) in [6.07, 6.45) is 10.5. The first-order valence-corrected chi connectivity index (χ1v) is 6.92. The standard InChI is InChI=1S/C14H23NO/c1-2-6-14(7-3-1)10-12(5-9-16-14)13-4-8-15-11-13/h15H,1-11H2. The first-order chi connectivity index (χ1) is 7.88. The highest BCUT2D eigenvalue weighted by Crippen LogP contribution is 2.41. The quantitative estimate of drug-likeness (QED) is 0.635. The second-order valence-electron chi connectivity index (χ2n) is 5.65. The molecule has 0 atom stereocenters. The summed E-state index contributed by atoms with van der Waals surface area (Å²) in [4.78, 5) is 0. The van der Waals surface area contributed by atoms with Crippen LogP contribution in [0.4, 0.5) is 0 Å². The van der Waals surface area contributed by atoms with Gasteiger partial charge in [-0.15, -0.1) is 0 Å². The minimum absolute atomic E-state index is 0.251. The molecule has 1 aliphatic carbocycles. The Morgan fingerprint density at radius 3 is 2.62 bits per heavy atom. The Bertz CT molecular complexity index is 276. The molecule has 1 saturated carbocycles. The summed E-state index contributed by atoms with van der Waals surface area (Å²) in [5.41, 5.74) is 3.69. The van der Waals surface area contributed by atoms with Crippen molar-refractivity contribution in [3.05, 3.63) is 11.1 Å². The highest BCUT2D eigenvalue weighted by Gasteiger charge is 2.37. The summed E-state index contributed by atoms with van der Waals surface area (Å²) in [5.74, 6) is 0. The van der Waals surface area contributed by atoms with Gasteiger partial charge in [0.2, 0.25) is 0 Å². The third-order valence-electron chi connectivity index (χ3n) is 4.55. The summed E-state index contributed by atoms with van der Waals surface area (Å²) in [6, 6.07) is 0. The zero-order valence-electron chi connectivity index (χ0n) is 10.2. The molecule has 1 spiro atoms. The van der Waals surface area contributed by atoms with Gasteiger partial charge in [-0.25, -0.2) is 0 Å². The molecule has 2 saturated heterocycles. The Balaban J connectivity index is 1.75. The fourth-order valence-corrected chi connectivity index (χ4v) is 3.61. The van der Waals surface area contributed by atoms with Gasteiger partial charge in [0.05, 0.1) is 12.2 Å². The average Bonchev–Trinajstić information content (AvgIpc) is 2.83. The van der Waals surface area contributed by atoms with Crippen molar-refractivity contribution in [2.75, 3.05) is 19.7 Å². The van der Waals surface area contributed by atoms with Crippen LogP contribution in [-0.2, 0) is 4.74 Å². The van der Waals surface area contributed by atoms with Crippen molar-refractivity contribution in [1.29, 1.82) is 0 Å². The van der Waals surface area contributed by atoms with E-state index in [1.54, 1.807) is 11.1 Å². The van der Waals surface area contributed by atoms with Gasteiger partial charge in [0.15, 0.2) is 0 Å². The zero-order valence-corrected chi connectivity index (χ0v) is 10.2. The molecule has 0 aromatic rings. The summed E-state index contributed by atoms with van der Waals surface area (Å²) < 4.78 is 6.14. The molecule has 1 N–H and O–H groups in total. The zero-order chi connectivity index (χ0) is 10.8. The van der Waals surface area contributed by atoms with Gasteiger partial charge in [-0.2, -0.15) is 0 Å². The van der Waals surface area contributed by atoms with Gasteiger partial charge in [0, 0.05) is 6.54 Å². The molecule has 0 radical (unpaired) electrons. The molecule has 16 heavy (non-hydrogen) atoms. The van der Waals surface area contributed by atoms with E-state index in [1.165, 1.54) is 57.9 Å². The minimum atomic E-state index is 0.251. The molecule has 2 heterocycles. The van der Waals surface area contributed by atoms with E-state index in [9.17, 15) is 0 Å². The monoisotopic (exact) mass is 221 g/mol. The van der Waals surface area contributed by atoms with Crippen molar-refractivity contribution in [2.45, 2.75) is 57.0 Å². The molecule has 0 bridgehead atoms. The molecule has 3 aliphatic rings. The van der Waals surface area contributed by atoms with Crippen molar-refractivity contribution in [3.63, 3.8) is 0 Å². The topological polar surface area (TPSA) is 21.3 Å². The fraction of sp³-hybridized carbons (Fsp3) is 0.857. The second-order valence-corrected chi connectivity index (χ2v) is 5.65. The van der Waals surface area contributed by atoms with E-state index in [-0.39, 0.29) is 5.60 Å². The van der Waals surface area contributed by atoms with Crippen molar-refractivity contribution in [1.82, 2.24) is 5.32 Å². The Morgan fingerprint density at radius 2 is 1.88 bits per heavy atom. The predicted molar refractivity (Wildman–Crippen MR) is 65.5 cm³/mol. The van der Waals surface area contributed by atoms with Crippen LogP contribution in [0.1, 0.15) is 51.4 Å². The molecule has 2 aliphatic heterocycles. The average molecular weight is 221 g/mol. The summed E-state index contributed by atoms with van der Waals surface area (Å²) in [5, 5.41) is 3.46. The van der Waals surface area contributed by atoms with Crippen LogP contribution < -0.4 is 5.32 Å². The largest absolute Gasteiger partial charge is 0.374 e. The third-order valence-corrected chi connectivity index (χ3v) is 4.55. The smallest absolute Gasteiger partial charge is 0.0719 e. The molecule has 3 fully saturated rings. The van der Waals surface area contributed by atoms with Crippen LogP contribution in [0.5, 0.6) is 0 Å². The van der Waals surface area contributed by atoms with Crippen LogP contribution >= 0.6 is 0 Å². The lowest BCUT2D eigenvalue weighted by Crippen LogP contribution is -2.39. The summed E-state index contributed by atoms with van der Waals surface area (Å²) in [7, 11) is 0. The lowest BCUT2D eigenvalue weighted by molar-refractivity contribution is -0.0842. The maximum atomic E-state index is 6.14. The molecule has 0 aromatic carbocycles. The van der Waals surface area contributed by atoms with Gasteiger partial charge in [-0.3, -0.25) is 0 Å². The van der Waals surface area contributed by atoms with Crippen molar-refractivity contribution in [3.8, 4) is 0 Å². The van der Waals surface area contributed by atoms with Crippen molar-refractivity contribution >= 4 is 0 Å². The van der Waals surface area contributed by atoms with Crippen molar-refractivity contribution < 1.29 is 4.74 Å².